The first-order valence-corrected chi connectivity index (χ1v) is 7.11. The number of ether oxygens (including phenoxy) is 2. The fraction of sp³-hybridized carbons (Fsp3) is 0.500. The van der Waals surface area contributed by atoms with Crippen LogP contribution in [-0.2, 0) is 20.9 Å². The zero-order chi connectivity index (χ0) is 15.5. The first-order valence-electron chi connectivity index (χ1n) is 7.11. The molecule has 1 saturated heterocycles. The van der Waals surface area contributed by atoms with E-state index in [2.05, 4.69) is 0 Å². The average molecular weight is 291 g/mol. The summed E-state index contributed by atoms with van der Waals surface area (Å²) in [5, 5.41) is 0. The summed E-state index contributed by atoms with van der Waals surface area (Å²) in [5.41, 5.74) is -0.0279. The van der Waals surface area contributed by atoms with Crippen molar-refractivity contribution in [1.29, 1.82) is 0 Å². The molecule has 0 saturated carbocycles. The lowest BCUT2D eigenvalue weighted by atomic mass is 9.89. The van der Waals surface area contributed by atoms with E-state index in [9.17, 15) is 9.59 Å². The fourth-order valence-corrected chi connectivity index (χ4v) is 2.50. The van der Waals surface area contributed by atoms with E-state index in [1.165, 1.54) is 0 Å². The van der Waals surface area contributed by atoms with Crippen LogP contribution in [0.2, 0.25) is 0 Å². The van der Waals surface area contributed by atoms with Gasteiger partial charge in [-0.3, -0.25) is 9.59 Å². The van der Waals surface area contributed by atoms with E-state index < -0.39 is 11.4 Å². The average Bonchev–Trinajstić information content (AvgIpc) is 2.78. The van der Waals surface area contributed by atoms with Gasteiger partial charge in [-0.15, -0.1) is 0 Å². The minimum atomic E-state index is -1.04. The summed E-state index contributed by atoms with van der Waals surface area (Å²) in [4.78, 5) is 26.2. The third-order valence-corrected chi connectivity index (χ3v) is 3.90. The lowest BCUT2D eigenvalue weighted by Gasteiger charge is -2.21. The normalized spacial score (nSPS) is 21.5. The second-order valence-corrected chi connectivity index (χ2v) is 5.38. The van der Waals surface area contributed by atoms with Crippen LogP contribution >= 0.6 is 0 Å². The van der Waals surface area contributed by atoms with E-state index in [4.69, 9.17) is 9.47 Å². The van der Waals surface area contributed by atoms with E-state index in [1.807, 2.05) is 24.3 Å². The Morgan fingerprint density at radius 3 is 2.57 bits per heavy atom. The Labute approximate surface area is 124 Å². The Hall–Kier alpha value is -2.04. The van der Waals surface area contributed by atoms with Gasteiger partial charge in [-0.05, 0) is 38.0 Å². The molecule has 21 heavy (non-hydrogen) atoms. The van der Waals surface area contributed by atoms with E-state index in [0.717, 1.165) is 11.3 Å². The van der Waals surface area contributed by atoms with Crippen LogP contribution in [0.4, 0.5) is 0 Å². The maximum Gasteiger partial charge on any atom is 0.321 e. The summed E-state index contributed by atoms with van der Waals surface area (Å²) in [5.74, 6) is 0.201. The Kier molecular flexibility index (Phi) is 4.50. The van der Waals surface area contributed by atoms with Crippen molar-refractivity contribution in [2.45, 2.75) is 26.8 Å². The summed E-state index contributed by atoms with van der Waals surface area (Å²) >= 11 is 0. The van der Waals surface area contributed by atoms with Crippen LogP contribution in [0.5, 0.6) is 5.75 Å². The first-order chi connectivity index (χ1) is 10.0. The summed E-state index contributed by atoms with van der Waals surface area (Å²) in [6.45, 7) is 4.77. The minimum absolute atomic E-state index is 0.156. The van der Waals surface area contributed by atoms with Gasteiger partial charge in [0.1, 0.15) is 11.2 Å². The highest BCUT2D eigenvalue weighted by Gasteiger charge is 2.49. The number of nitrogens with zero attached hydrogens (tertiary/aromatic N) is 1. The summed E-state index contributed by atoms with van der Waals surface area (Å²) in [7, 11) is 1.61. The molecule has 1 atom stereocenters. The number of rotatable bonds is 5. The van der Waals surface area contributed by atoms with Crippen molar-refractivity contribution < 1.29 is 19.1 Å². The summed E-state index contributed by atoms with van der Waals surface area (Å²) in [6.07, 6.45) is 0.501. The molecular weight excluding hydrogens is 270 g/mol. The smallest absolute Gasteiger partial charge is 0.321 e. The molecule has 0 aliphatic carbocycles. The van der Waals surface area contributed by atoms with Crippen molar-refractivity contribution in [2.24, 2.45) is 5.41 Å². The van der Waals surface area contributed by atoms with Crippen LogP contribution in [0.1, 0.15) is 25.8 Å². The Bertz CT molecular complexity index is 526. The maximum absolute atomic E-state index is 12.5. The monoisotopic (exact) mass is 291 g/mol. The molecule has 1 aromatic rings. The third kappa shape index (κ3) is 3.01. The van der Waals surface area contributed by atoms with Gasteiger partial charge in [-0.25, -0.2) is 0 Å². The van der Waals surface area contributed by atoms with Gasteiger partial charge in [0.25, 0.3) is 0 Å². The number of benzene rings is 1. The molecule has 1 amide bonds. The van der Waals surface area contributed by atoms with E-state index in [-0.39, 0.29) is 5.91 Å². The number of carbonyl (C=O) groups excluding carboxylic acids is 2. The van der Waals surface area contributed by atoms with Crippen molar-refractivity contribution in [2.75, 3.05) is 20.3 Å². The van der Waals surface area contributed by atoms with Crippen molar-refractivity contribution in [1.82, 2.24) is 4.90 Å². The van der Waals surface area contributed by atoms with Crippen molar-refractivity contribution in [3.63, 3.8) is 0 Å². The number of carbonyl (C=O) groups is 2. The van der Waals surface area contributed by atoms with Crippen LogP contribution in [0.15, 0.2) is 24.3 Å². The highest BCUT2D eigenvalue weighted by molar-refractivity contribution is 6.03. The molecule has 0 aromatic heterocycles. The van der Waals surface area contributed by atoms with Crippen molar-refractivity contribution in [3.8, 4) is 5.75 Å². The highest BCUT2D eigenvalue weighted by atomic mass is 16.5. The molecule has 0 radical (unpaired) electrons. The van der Waals surface area contributed by atoms with Gasteiger partial charge in [-0.1, -0.05) is 12.1 Å². The standard InChI is InChI=1S/C16H21NO4/c1-4-21-15(19)16(2)9-10-17(14(16)18)11-12-5-7-13(20-3)8-6-12/h5-8H,4,9-11H2,1-3H3/t16-/m1/s1. The molecule has 0 bridgehead atoms. The molecule has 0 unspecified atom stereocenters. The van der Waals surface area contributed by atoms with Gasteiger partial charge in [0.2, 0.25) is 5.91 Å². The Balaban J connectivity index is 2.05. The zero-order valence-electron chi connectivity index (χ0n) is 12.7. The van der Waals surface area contributed by atoms with Crippen LogP contribution in [0.3, 0.4) is 0 Å². The maximum atomic E-state index is 12.5. The van der Waals surface area contributed by atoms with Crippen LogP contribution < -0.4 is 4.74 Å². The van der Waals surface area contributed by atoms with Gasteiger partial charge in [0.15, 0.2) is 0 Å². The first kappa shape index (κ1) is 15.4. The molecule has 5 nitrogen and oxygen atoms in total. The number of hydrogen-bond donors (Lipinski definition) is 0. The molecule has 1 aliphatic rings. The van der Waals surface area contributed by atoms with E-state index in [0.29, 0.717) is 26.1 Å². The topological polar surface area (TPSA) is 55.8 Å². The van der Waals surface area contributed by atoms with Crippen molar-refractivity contribution >= 4 is 11.9 Å². The molecule has 114 valence electrons. The largest absolute Gasteiger partial charge is 0.497 e. The predicted molar refractivity (Wildman–Crippen MR) is 77.8 cm³/mol. The molecule has 5 heteroatoms. The lowest BCUT2D eigenvalue weighted by molar-refractivity contribution is -0.159. The zero-order valence-corrected chi connectivity index (χ0v) is 12.7. The van der Waals surface area contributed by atoms with Crippen LogP contribution in [0.25, 0.3) is 0 Å². The van der Waals surface area contributed by atoms with Gasteiger partial charge >= 0.3 is 5.97 Å². The molecule has 1 fully saturated rings. The van der Waals surface area contributed by atoms with Gasteiger partial charge in [-0.2, -0.15) is 0 Å². The number of methoxy groups -OCH3 is 1. The number of esters is 1. The molecule has 2 rings (SSSR count). The minimum Gasteiger partial charge on any atom is -0.497 e. The van der Waals surface area contributed by atoms with Gasteiger partial charge in [0, 0.05) is 13.1 Å². The highest BCUT2D eigenvalue weighted by Crippen LogP contribution is 2.33. The molecule has 1 aromatic carbocycles. The quantitative estimate of drug-likeness (QED) is 0.615. The van der Waals surface area contributed by atoms with Gasteiger partial charge < -0.3 is 14.4 Å². The predicted octanol–water partition coefficient (Wildman–Crippen LogP) is 2.00. The summed E-state index contributed by atoms with van der Waals surface area (Å²) < 4.78 is 10.1. The SMILES string of the molecule is CCOC(=O)[C@]1(C)CCN(Cc2ccc(OC)cc2)C1=O. The summed E-state index contributed by atoms with van der Waals surface area (Å²) in [6, 6.07) is 7.57. The fourth-order valence-electron chi connectivity index (χ4n) is 2.50. The molecule has 0 N–H and O–H groups in total. The number of amides is 1. The van der Waals surface area contributed by atoms with E-state index >= 15 is 0 Å². The van der Waals surface area contributed by atoms with Crippen LogP contribution in [0, 0.1) is 5.41 Å². The lowest BCUT2D eigenvalue weighted by Crippen LogP contribution is -2.39. The Morgan fingerprint density at radius 1 is 1.33 bits per heavy atom. The number of hydrogen-bond acceptors (Lipinski definition) is 4. The van der Waals surface area contributed by atoms with Crippen molar-refractivity contribution in [3.05, 3.63) is 29.8 Å². The van der Waals surface area contributed by atoms with Crippen LogP contribution in [-0.4, -0.2) is 37.0 Å². The third-order valence-electron chi connectivity index (χ3n) is 3.90. The molecule has 1 aliphatic heterocycles. The van der Waals surface area contributed by atoms with Gasteiger partial charge in [0.05, 0.1) is 13.7 Å². The second kappa shape index (κ2) is 6.16. The molecule has 0 spiro atoms. The molecule has 1 heterocycles. The molecular formula is C16H21NO4. The number of likely N-dealkylation sites (tertiary alicyclic amines) is 1. The van der Waals surface area contributed by atoms with E-state index in [1.54, 1.807) is 25.9 Å². The Morgan fingerprint density at radius 2 is 2.00 bits per heavy atom. The second-order valence-electron chi connectivity index (χ2n) is 5.38.